The summed E-state index contributed by atoms with van der Waals surface area (Å²) in [5, 5.41) is 9.31. The molecule has 0 saturated carbocycles. The summed E-state index contributed by atoms with van der Waals surface area (Å²) >= 11 is 3.16. The van der Waals surface area contributed by atoms with Crippen molar-refractivity contribution < 1.29 is 9.90 Å². The molecule has 0 unspecified atom stereocenters. The van der Waals surface area contributed by atoms with Crippen molar-refractivity contribution in [1.82, 2.24) is 4.57 Å². The number of carboxylic acid groups (broad SMARTS) is 1. The monoisotopic (exact) mass is 321 g/mol. The quantitative estimate of drug-likeness (QED) is 0.925. The second kappa shape index (κ2) is 5.01. The lowest BCUT2D eigenvalue weighted by Crippen LogP contribution is -2.23. The van der Waals surface area contributed by atoms with Crippen LogP contribution in [0.25, 0.3) is 11.3 Å². The van der Waals surface area contributed by atoms with Gasteiger partial charge in [0.05, 0.1) is 10.2 Å². The Kier molecular flexibility index (Phi) is 3.57. The molecule has 1 N–H and O–H groups in total. The van der Waals surface area contributed by atoms with Crippen LogP contribution in [0.1, 0.15) is 16.1 Å². The van der Waals surface area contributed by atoms with Crippen LogP contribution < -0.4 is 5.43 Å². The van der Waals surface area contributed by atoms with Gasteiger partial charge in [0, 0.05) is 12.7 Å². The average molecular weight is 322 g/mol. The Morgan fingerprint density at radius 3 is 2.37 bits per heavy atom. The van der Waals surface area contributed by atoms with E-state index in [1.165, 1.54) is 0 Å². The number of hydrogen-bond acceptors (Lipinski definition) is 2. The maximum atomic E-state index is 12.1. The number of aromatic carboxylic acids is 1. The number of pyridine rings is 1. The van der Waals surface area contributed by atoms with Crippen LogP contribution in [0.2, 0.25) is 0 Å². The molecule has 1 aromatic heterocycles. The number of carbonyl (C=O) groups is 1. The van der Waals surface area contributed by atoms with E-state index in [2.05, 4.69) is 15.9 Å². The van der Waals surface area contributed by atoms with Gasteiger partial charge in [0.25, 0.3) is 0 Å². The fourth-order valence-corrected chi connectivity index (χ4v) is 2.46. The SMILES string of the molecule is Cc1c(Br)c(=O)c(C(=O)O)c(-c2ccccc2)n1C. The van der Waals surface area contributed by atoms with Crippen LogP contribution in [-0.4, -0.2) is 15.6 Å². The highest BCUT2D eigenvalue weighted by Gasteiger charge is 2.22. The molecule has 2 aromatic rings. The van der Waals surface area contributed by atoms with Gasteiger partial charge in [-0.25, -0.2) is 4.79 Å². The first-order valence-electron chi connectivity index (χ1n) is 5.63. The molecule has 0 aliphatic carbocycles. The zero-order valence-electron chi connectivity index (χ0n) is 10.5. The van der Waals surface area contributed by atoms with Crippen LogP contribution in [0, 0.1) is 6.92 Å². The highest BCUT2D eigenvalue weighted by molar-refractivity contribution is 9.10. The largest absolute Gasteiger partial charge is 0.477 e. The molecule has 1 heterocycles. The van der Waals surface area contributed by atoms with Crippen LogP contribution in [-0.2, 0) is 7.05 Å². The number of nitrogens with zero attached hydrogens (tertiary/aromatic N) is 1. The second-order valence-electron chi connectivity index (χ2n) is 4.18. The fraction of sp³-hybridized carbons (Fsp3) is 0.143. The lowest BCUT2D eigenvalue weighted by Gasteiger charge is -2.16. The standard InChI is InChI=1S/C14H12BrNO3/c1-8-11(15)13(17)10(14(18)19)12(16(8)2)9-6-4-3-5-7-9/h3-7H,1-2H3,(H,18,19). The molecule has 98 valence electrons. The Morgan fingerprint density at radius 2 is 1.84 bits per heavy atom. The van der Waals surface area contributed by atoms with E-state index in [-0.39, 0.29) is 10.0 Å². The van der Waals surface area contributed by atoms with Gasteiger partial charge in [-0.05, 0) is 28.4 Å². The van der Waals surface area contributed by atoms with E-state index in [9.17, 15) is 14.7 Å². The minimum Gasteiger partial charge on any atom is -0.477 e. The molecule has 0 amide bonds. The molecule has 0 radical (unpaired) electrons. The molecule has 2 rings (SSSR count). The number of rotatable bonds is 2. The van der Waals surface area contributed by atoms with Crippen molar-refractivity contribution in [2.24, 2.45) is 7.05 Å². The van der Waals surface area contributed by atoms with E-state index in [0.717, 1.165) is 0 Å². The van der Waals surface area contributed by atoms with E-state index in [1.807, 2.05) is 18.2 Å². The average Bonchev–Trinajstić information content (AvgIpc) is 2.40. The van der Waals surface area contributed by atoms with Gasteiger partial charge < -0.3 is 9.67 Å². The summed E-state index contributed by atoms with van der Waals surface area (Å²) in [4.78, 5) is 23.5. The molecule has 0 spiro atoms. The van der Waals surface area contributed by atoms with Crippen LogP contribution in [0.3, 0.4) is 0 Å². The molecule has 4 nitrogen and oxygen atoms in total. The van der Waals surface area contributed by atoms with Crippen LogP contribution >= 0.6 is 15.9 Å². The molecule has 1 aromatic carbocycles. The molecule has 0 aliphatic rings. The molecular formula is C14H12BrNO3. The third-order valence-electron chi connectivity index (χ3n) is 3.08. The predicted octanol–water partition coefficient (Wildman–Crippen LogP) is 2.82. The van der Waals surface area contributed by atoms with Crippen molar-refractivity contribution in [3.05, 3.63) is 56.3 Å². The molecule has 0 saturated heterocycles. The van der Waals surface area contributed by atoms with Gasteiger partial charge in [-0.3, -0.25) is 4.79 Å². The predicted molar refractivity (Wildman–Crippen MR) is 76.5 cm³/mol. The van der Waals surface area contributed by atoms with Crippen LogP contribution in [0.4, 0.5) is 0 Å². The van der Waals surface area contributed by atoms with E-state index in [0.29, 0.717) is 17.0 Å². The Morgan fingerprint density at radius 1 is 1.26 bits per heavy atom. The third kappa shape index (κ3) is 2.21. The normalized spacial score (nSPS) is 10.5. The van der Waals surface area contributed by atoms with Crippen molar-refractivity contribution in [3.63, 3.8) is 0 Å². The Hall–Kier alpha value is -1.88. The lowest BCUT2D eigenvalue weighted by molar-refractivity contribution is 0.0695. The van der Waals surface area contributed by atoms with Crippen molar-refractivity contribution in [3.8, 4) is 11.3 Å². The molecule has 5 heteroatoms. The summed E-state index contributed by atoms with van der Waals surface area (Å²) in [7, 11) is 1.74. The van der Waals surface area contributed by atoms with Crippen molar-refractivity contribution in [2.75, 3.05) is 0 Å². The minimum absolute atomic E-state index is 0.217. The van der Waals surface area contributed by atoms with E-state index in [1.54, 1.807) is 30.7 Å². The molecule has 0 atom stereocenters. The molecule has 19 heavy (non-hydrogen) atoms. The Bertz CT molecular complexity index is 705. The van der Waals surface area contributed by atoms with Crippen molar-refractivity contribution in [1.29, 1.82) is 0 Å². The lowest BCUT2D eigenvalue weighted by atomic mass is 10.0. The van der Waals surface area contributed by atoms with E-state index >= 15 is 0 Å². The maximum Gasteiger partial charge on any atom is 0.341 e. The van der Waals surface area contributed by atoms with Crippen molar-refractivity contribution >= 4 is 21.9 Å². The minimum atomic E-state index is -1.22. The van der Waals surface area contributed by atoms with E-state index < -0.39 is 11.4 Å². The summed E-state index contributed by atoms with van der Waals surface area (Å²) in [6.07, 6.45) is 0. The zero-order valence-corrected chi connectivity index (χ0v) is 12.1. The number of aromatic nitrogens is 1. The van der Waals surface area contributed by atoms with Gasteiger partial charge in [-0.2, -0.15) is 0 Å². The zero-order chi connectivity index (χ0) is 14.2. The number of carboxylic acids is 1. The van der Waals surface area contributed by atoms with Gasteiger partial charge in [0.15, 0.2) is 0 Å². The van der Waals surface area contributed by atoms with E-state index in [4.69, 9.17) is 0 Å². The molecule has 0 fully saturated rings. The Balaban J connectivity index is 2.95. The Labute approximate surface area is 118 Å². The third-order valence-corrected chi connectivity index (χ3v) is 4.01. The first kappa shape index (κ1) is 13.5. The summed E-state index contributed by atoms with van der Waals surface area (Å²) < 4.78 is 2.00. The number of benzene rings is 1. The molecule has 0 aliphatic heterocycles. The van der Waals surface area contributed by atoms with Crippen molar-refractivity contribution in [2.45, 2.75) is 6.92 Å². The first-order valence-corrected chi connectivity index (χ1v) is 6.42. The summed E-state index contributed by atoms with van der Waals surface area (Å²) in [6.45, 7) is 1.77. The fourth-order valence-electron chi connectivity index (χ4n) is 2.00. The molecule has 0 bridgehead atoms. The molecular weight excluding hydrogens is 310 g/mol. The van der Waals surface area contributed by atoms with Gasteiger partial charge in [-0.1, -0.05) is 30.3 Å². The van der Waals surface area contributed by atoms with Crippen LogP contribution in [0.15, 0.2) is 39.6 Å². The summed E-state index contributed by atoms with van der Waals surface area (Å²) in [5.41, 5.74) is 1.09. The smallest absolute Gasteiger partial charge is 0.341 e. The maximum absolute atomic E-state index is 12.1. The summed E-state index contributed by atoms with van der Waals surface area (Å²) in [5.74, 6) is -1.22. The van der Waals surface area contributed by atoms with Crippen LogP contribution in [0.5, 0.6) is 0 Å². The highest BCUT2D eigenvalue weighted by atomic mass is 79.9. The summed E-state index contributed by atoms with van der Waals surface area (Å²) in [6, 6.07) is 9.03. The topological polar surface area (TPSA) is 59.3 Å². The second-order valence-corrected chi connectivity index (χ2v) is 4.98. The number of hydrogen-bond donors (Lipinski definition) is 1. The first-order chi connectivity index (χ1) is 8.95. The van der Waals surface area contributed by atoms with Gasteiger partial charge >= 0.3 is 5.97 Å². The number of halogens is 1. The van der Waals surface area contributed by atoms with Gasteiger partial charge in [-0.15, -0.1) is 0 Å². The van der Waals surface area contributed by atoms with Gasteiger partial charge in [0.2, 0.25) is 5.43 Å². The highest BCUT2D eigenvalue weighted by Crippen LogP contribution is 2.25. The van der Waals surface area contributed by atoms with Gasteiger partial charge in [0.1, 0.15) is 5.56 Å².